The number of hydrogen-bond acceptors (Lipinski definition) is 13. The molecule has 0 bridgehead atoms. The third kappa shape index (κ3) is 11.2. The summed E-state index contributed by atoms with van der Waals surface area (Å²) < 4.78 is 117. The Labute approximate surface area is 258 Å². The molecule has 3 aromatic carbocycles. The van der Waals surface area contributed by atoms with Gasteiger partial charge in [-0.1, -0.05) is 0 Å². The van der Waals surface area contributed by atoms with Gasteiger partial charge >= 0.3 is 20.8 Å². The highest BCUT2D eigenvalue weighted by Crippen LogP contribution is 2.20. The predicted octanol–water partition coefficient (Wildman–Crippen LogP) is 0.960. The first-order valence-electron chi connectivity index (χ1n) is 12.2. The first-order valence-corrected chi connectivity index (χ1v) is 18.2. The number of anilines is 3. The van der Waals surface area contributed by atoms with Crippen molar-refractivity contribution in [2.24, 2.45) is 0 Å². The number of hydrogen-bond donors (Lipinski definition) is 5. The topological polar surface area (TPSA) is 280 Å². The van der Waals surface area contributed by atoms with Crippen molar-refractivity contribution in [1.29, 1.82) is 0 Å². The molecule has 3 rings (SSSR count). The first-order chi connectivity index (χ1) is 20.7. The van der Waals surface area contributed by atoms with Crippen molar-refractivity contribution in [2.75, 3.05) is 41.1 Å². The van der Waals surface area contributed by atoms with Crippen LogP contribution in [0.15, 0.2) is 76.5 Å². The Hall–Kier alpha value is -3.96. The van der Waals surface area contributed by atoms with Crippen molar-refractivity contribution >= 4 is 69.3 Å². The van der Waals surface area contributed by atoms with E-state index in [0.29, 0.717) is 0 Å². The Morgan fingerprint density at radius 3 is 1.24 bits per heavy atom. The van der Waals surface area contributed by atoms with Crippen LogP contribution in [0.4, 0.5) is 17.1 Å². The summed E-state index contributed by atoms with van der Waals surface area (Å²) in [6, 6.07) is 13.5. The fourth-order valence-corrected chi connectivity index (χ4v) is 6.52. The summed E-state index contributed by atoms with van der Waals surface area (Å²) in [5.74, 6) is -2.90. The molecule has 0 saturated heterocycles. The maximum Gasteiger partial charge on any atom is 0.397 e. The number of carbonyl (C=O) groups is 2. The molecule has 244 valence electrons. The largest absolute Gasteiger partial charge is 0.399 e. The minimum Gasteiger partial charge on any atom is -0.399 e. The quantitative estimate of drug-likeness (QED) is 0.115. The molecule has 17 nitrogen and oxygen atoms in total. The second-order valence-corrected chi connectivity index (χ2v) is 15.3. The normalized spacial score (nSPS) is 12.4. The molecule has 0 radical (unpaired) electrons. The predicted molar refractivity (Wildman–Crippen MR) is 159 cm³/mol. The molecule has 0 heterocycles. The van der Waals surface area contributed by atoms with E-state index in [1.807, 2.05) is 0 Å². The fourth-order valence-electron chi connectivity index (χ4n) is 3.55. The monoisotopic (exact) mass is 707 g/mol. The van der Waals surface area contributed by atoms with E-state index in [9.17, 15) is 43.3 Å². The third-order valence-corrected chi connectivity index (χ3v) is 9.91. The molecule has 0 aliphatic heterocycles. The number of sulfone groups is 2. The SMILES string of the molecule is Nc1cc(C(=O)Nc2ccc(S(=O)(=O)CCOS(=O)(=O)O)cc2)cc(C(=O)Nc2ccc(S(=O)(=O)CCOS(=O)(=O)O)cc2)c1. The molecule has 6 N–H and O–H groups in total. The number of rotatable bonds is 14. The summed E-state index contributed by atoms with van der Waals surface area (Å²) in [6.07, 6.45) is 0. The molecule has 0 atom stereocenters. The van der Waals surface area contributed by atoms with Crippen LogP contribution in [0, 0.1) is 0 Å². The molecule has 21 heteroatoms. The Kier molecular flexibility index (Phi) is 11.0. The number of benzene rings is 3. The van der Waals surface area contributed by atoms with Crippen LogP contribution in [0.3, 0.4) is 0 Å². The lowest BCUT2D eigenvalue weighted by Crippen LogP contribution is -2.17. The molecule has 0 fully saturated rings. The molecule has 0 saturated carbocycles. The van der Waals surface area contributed by atoms with Gasteiger partial charge in [-0.3, -0.25) is 18.7 Å². The lowest BCUT2D eigenvalue weighted by atomic mass is 10.1. The van der Waals surface area contributed by atoms with Gasteiger partial charge in [0.25, 0.3) is 11.8 Å². The number of nitrogen functional groups attached to an aromatic ring is 1. The zero-order valence-corrected chi connectivity index (χ0v) is 25.9. The van der Waals surface area contributed by atoms with Gasteiger partial charge in [-0.25, -0.2) is 25.2 Å². The van der Waals surface area contributed by atoms with Gasteiger partial charge in [-0.2, -0.15) is 16.8 Å². The molecule has 0 aliphatic carbocycles. The summed E-state index contributed by atoms with van der Waals surface area (Å²) in [6.45, 7) is -1.62. The van der Waals surface area contributed by atoms with Crippen molar-refractivity contribution in [1.82, 2.24) is 0 Å². The van der Waals surface area contributed by atoms with E-state index in [-0.39, 0.29) is 38.0 Å². The molecule has 3 aromatic rings. The minimum atomic E-state index is -4.81. The molecule has 2 amide bonds. The van der Waals surface area contributed by atoms with E-state index in [1.165, 1.54) is 42.5 Å². The highest BCUT2D eigenvalue weighted by atomic mass is 32.3. The lowest BCUT2D eigenvalue weighted by Gasteiger charge is -2.11. The summed E-state index contributed by atoms with van der Waals surface area (Å²) in [5, 5.41) is 5.03. The Bertz CT molecular complexity index is 1870. The zero-order valence-electron chi connectivity index (χ0n) is 22.7. The molecular weight excluding hydrogens is 683 g/mol. The maximum absolute atomic E-state index is 12.9. The van der Waals surface area contributed by atoms with Gasteiger partial charge in [0.1, 0.15) is 0 Å². The van der Waals surface area contributed by atoms with Crippen LogP contribution in [-0.4, -0.2) is 79.3 Å². The fraction of sp³-hybridized carbons (Fsp3) is 0.167. The van der Waals surface area contributed by atoms with Gasteiger partial charge in [0.15, 0.2) is 19.7 Å². The van der Waals surface area contributed by atoms with Crippen LogP contribution in [0.2, 0.25) is 0 Å². The van der Waals surface area contributed by atoms with Crippen LogP contribution < -0.4 is 16.4 Å². The van der Waals surface area contributed by atoms with Crippen LogP contribution in [0.5, 0.6) is 0 Å². The van der Waals surface area contributed by atoms with Crippen molar-refractivity contribution < 1.29 is 60.7 Å². The zero-order chi connectivity index (χ0) is 33.6. The van der Waals surface area contributed by atoms with E-state index in [2.05, 4.69) is 19.0 Å². The van der Waals surface area contributed by atoms with Crippen LogP contribution in [-0.2, 0) is 48.8 Å². The molecule has 0 unspecified atom stereocenters. The number of nitrogens with one attached hydrogen (secondary N) is 2. The average molecular weight is 708 g/mol. The van der Waals surface area contributed by atoms with Gasteiger partial charge in [0.05, 0.1) is 34.5 Å². The summed E-state index contributed by atoms with van der Waals surface area (Å²) in [4.78, 5) is 25.3. The van der Waals surface area contributed by atoms with Crippen LogP contribution in [0.25, 0.3) is 0 Å². The average Bonchev–Trinajstić information content (AvgIpc) is 2.91. The Balaban J connectivity index is 1.66. The maximum atomic E-state index is 12.9. The third-order valence-electron chi connectivity index (χ3n) is 5.59. The van der Waals surface area contributed by atoms with Crippen molar-refractivity contribution in [3.8, 4) is 0 Å². The number of nitrogens with two attached hydrogens (primary N) is 1. The standard InChI is InChI=1S/C24H25N3O14S4/c25-18-14-16(23(28)26-19-1-5-21(6-2-19)42(30,31)11-9-40-44(34,35)36)13-17(15-18)24(29)27-20-3-7-22(8-4-20)43(32,33)12-10-41-45(37,38)39/h1-8,13-15H,9-12,25H2,(H,26,28)(H,27,29)(H,34,35,36)(H,37,38,39). The molecule has 45 heavy (non-hydrogen) atoms. The number of amides is 2. The smallest absolute Gasteiger partial charge is 0.397 e. The van der Waals surface area contributed by atoms with Gasteiger partial charge in [-0.05, 0) is 66.7 Å². The summed E-state index contributed by atoms with van der Waals surface area (Å²) in [7, 11) is -17.6. The van der Waals surface area contributed by atoms with E-state index < -0.39 is 77.0 Å². The molecule has 0 spiro atoms. The van der Waals surface area contributed by atoms with Gasteiger partial charge in [0.2, 0.25) is 0 Å². The van der Waals surface area contributed by atoms with Gasteiger partial charge < -0.3 is 16.4 Å². The Morgan fingerprint density at radius 2 is 0.933 bits per heavy atom. The highest BCUT2D eigenvalue weighted by Gasteiger charge is 2.19. The van der Waals surface area contributed by atoms with Gasteiger partial charge in [0, 0.05) is 28.2 Å². The summed E-state index contributed by atoms with van der Waals surface area (Å²) >= 11 is 0. The van der Waals surface area contributed by atoms with E-state index in [0.717, 1.165) is 24.3 Å². The van der Waals surface area contributed by atoms with Crippen molar-refractivity contribution in [3.05, 3.63) is 77.9 Å². The second-order valence-electron chi connectivity index (χ2n) is 8.94. The highest BCUT2D eigenvalue weighted by molar-refractivity contribution is 7.91. The van der Waals surface area contributed by atoms with E-state index >= 15 is 0 Å². The lowest BCUT2D eigenvalue weighted by molar-refractivity contribution is 0.102. The molecular formula is C24H25N3O14S4. The molecule has 0 aliphatic rings. The van der Waals surface area contributed by atoms with Crippen molar-refractivity contribution in [2.45, 2.75) is 9.79 Å². The van der Waals surface area contributed by atoms with Crippen LogP contribution in [0.1, 0.15) is 20.7 Å². The summed E-state index contributed by atoms with van der Waals surface area (Å²) in [5.41, 5.74) is 6.19. The molecule has 0 aromatic heterocycles. The van der Waals surface area contributed by atoms with Crippen molar-refractivity contribution in [3.63, 3.8) is 0 Å². The van der Waals surface area contributed by atoms with E-state index in [4.69, 9.17) is 14.8 Å². The first kappa shape index (κ1) is 35.5. The van der Waals surface area contributed by atoms with E-state index in [1.54, 1.807) is 0 Å². The minimum absolute atomic E-state index is 0.0345. The van der Waals surface area contributed by atoms with Crippen LogP contribution >= 0.6 is 0 Å². The van der Waals surface area contributed by atoms with Gasteiger partial charge in [-0.15, -0.1) is 0 Å². The second kappa shape index (κ2) is 14.0. The number of carbonyl (C=O) groups excluding carboxylic acids is 2. The Morgan fingerprint density at radius 1 is 0.600 bits per heavy atom.